The molecule has 120 valence electrons. The van der Waals surface area contributed by atoms with Gasteiger partial charge >= 0.3 is 0 Å². The molecular formula is C13H20ClNO4S2. The molecule has 21 heavy (non-hydrogen) atoms. The highest BCUT2D eigenvalue weighted by Crippen LogP contribution is 2.18. The second-order valence-corrected chi connectivity index (χ2v) is 9.21. The monoisotopic (exact) mass is 353 g/mol. The quantitative estimate of drug-likeness (QED) is 0.575. The molecule has 0 saturated heterocycles. The van der Waals surface area contributed by atoms with Gasteiger partial charge in [0.05, 0.1) is 9.79 Å². The van der Waals surface area contributed by atoms with Crippen LogP contribution in [-0.4, -0.2) is 22.9 Å². The Morgan fingerprint density at radius 2 is 1.57 bits per heavy atom. The van der Waals surface area contributed by atoms with E-state index in [2.05, 4.69) is 11.6 Å². The van der Waals surface area contributed by atoms with Crippen LogP contribution in [-0.2, 0) is 19.1 Å². The van der Waals surface area contributed by atoms with Crippen molar-refractivity contribution in [2.45, 2.75) is 55.4 Å². The Kier molecular flexibility index (Phi) is 6.65. The van der Waals surface area contributed by atoms with Crippen LogP contribution in [0.3, 0.4) is 0 Å². The first-order valence-corrected chi connectivity index (χ1v) is 10.5. The van der Waals surface area contributed by atoms with Crippen LogP contribution in [0.15, 0.2) is 34.1 Å². The molecule has 0 bridgehead atoms. The fourth-order valence-corrected chi connectivity index (χ4v) is 3.92. The van der Waals surface area contributed by atoms with Crippen LogP contribution in [0.1, 0.15) is 39.5 Å². The average Bonchev–Trinajstić information content (AvgIpc) is 2.37. The molecule has 1 atom stereocenters. The average molecular weight is 354 g/mol. The van der Waals surface area contributed by atoms with Gasteiger partial charge in [0.2, 0.25) is 10.0 Å². The van der Waals surface area contributed by atoms with E-state index in [-0.39, 0.29) is 15.8 Å². The summed E-state index contributed by atoms with van der Waals surface area (Å²) in [5.41, 5.74) is 0. The number of sulfonamides is 1. The van der Waals surface area contributed by atoms with Crippen molar-refractivity contribution in [3.8, 4) is 0 Å². The van der Waals surface area contributed by atoms with Crippen molar-refractivity contribution in [2.24, 2.45) is 0 Å². The fourth-order valence-electron chi connectivity index (χ4n) is 1.87. The second kappa shape index (κ2) is 7.58. The SMILES string of the molecule is CCCCCC(C)NS(=O)(=O)c1ccc(S(=O)(=O)Cl)cc1. The third-order valence-electron chi connectivity index (χ3n) is 3.01. The molecule has 8 heteroatoms. The minimum Gasteiger partial charge on any atom is -0.208 e. The highest BCUT2D eigenvalue weighted by atomic mass is 35.7. The van der Waals surface area contributed by atoms with Crippen LogP contribution in [0.4, 0.5) is 0 Å². The molecule has 0 aliphatic heterocycles. The van der Waals surface area contributed by atoms with Gasteiger partial charge in [0.15, 0.2) is 0 Å². The third kappa shape index (κ3) is 5.94. The van der Waals surface area contributed by atoms with Crippen LogP contribution >= 0.6 is 10.7 Å². The van der Waals surface area contributed by atoms with Crippen molar-refractivity contribution < 1.29 is 16.8 Å². The molecule has 0 saturated carbocycles. The minimum atomic E-state index is -3.85. The number of halogens is 1. The maximum atomic E-state index is 12.1. The zero-order valence-corrected chi connectivity index (χ0v) is 14.4. The first-order chi connectivity index (χ1) is 9.66. The van der Waals surface area contributed by atoms with E-state index in [9.17, 15) is 16.8 Å². The third-order valence-corrected chi connectivity index (χ3v) is 5.99. The Morgan fingerprint density at radius 3 is 2.05 bits per heavy atom. The van der Waals surface area contributed by atoms with Gasteiger partial charge in [-0.25, -0.2) is 21.6 Å². The number of nitrogens with one attached hydrogen (secondary N) is 1. The lowest BCUT2D eigenvalue weighted by Crippen LogP contribution is -2.32. The minimum absolute atomic E-state index is 0.0221. The molecule has 0 aliphatic carbocycles. The predicted octanol–water partition coefficient (Wildman–Crippen LogP) is 2.86. The van der Waals surface area contributed by atoms with Crippen LogP contribution in [0.25, 0.3) is 0 Å². The highest BCUT2D eigenvalue weighted by molar-refractivity contribution is 8.13. The predicted molar refractivity (Wildman–Crippen MR) is 83.4 cm³/mol. The van der Waals surface area contributed by atoms with Crippen LogP contribution in [0, 0.1) is 0 Å². The van der Waals surface area contributed by atoms with Crippen LogP contribution < -0.4 is 4.72 Å². The summed E-state index contributed by atoms with van der Waals surface area (Å²) in [7, 11) is -2.31. The zero-order chi connectivity index (χ0) is 16.1. The van der Waals surface area contributed by atoms with Gasteiger partial charge in [-0.2, -0.15) is 0 Å². The lowest BCUT2D eigenvalue weighted by atomic mass is 10.1. The normalized spacial score (nSPS) is 14.0. The van der Waals surface area contributed by atoms with Crippen molar-refractivity contribution in [1.82, 2.24) is 4.72 Å². The molecule has 0 radical (unpaired) electrons. The molecule has 1 aromatic carbocycles. The number of unbranched alkanes of at least 4 members (excludes halogenated alkanes) is 2. The topological polar surface area (TPSA) is 80.3 Å². The van der Waals surface area contributed by atoms with Gasteiger partial charge in [0.25, 0.3) is 9.05 Å². The van der Waals surface area contributed by atoms with E-state index in [0.29, 0.717) is 0 Å². The van der Waals surface area contributed by atoms with Gasteiger partial charge in [0, 0.05) is 16.7 Å². The van der Waals surface area contributed by atoms with Gasteiger partial charge in [-0.1, -0.05) is 26.2 Å². The molecule has 0 amide bonds. The lowest BCUT2D eigenvalue weighted by molar-refractivity contribution is 0.527. The standard InChI is InChI=1S/C13H20ClNO4S2/c1-3-4-5-6-11(2)15-21(18,19)13-9-7-12(8-10-13)20(14,16)17/h7-11,15H,3-6H2,1-2H3. The summed E-state index contributed by atoms with van der Waals surface area (Å²) in [5, 5.41) is 0. The van der Waals surface area contributed by atoms with Gasteiger partial charge < -0.3 is 0 Å². The maximum absolute atomic E-state index is 12.1. The van der Waals surface area contributed by atoms with E-state index in [1.54, 1.807) is 0 Å². The molecule has 0 aliphatic rings. The molecule has 0 spiro atoms. The highest BCUT2D eigenvalue weighted by Gasteiger charge is 2.18. The van der Waals surface area contributed by atoms with E-state index in [1.807, 2.05) is 6.92 Å². The molecule has 1 rings (SSSR count). The molecule has 1 unspecified atom stereocenters. The van der Waals surface area contributed by atoms with E-state index in [1.165, 1.54) is 24.3 Å². The van der Waals surface area contributed by atoms with Crippen LogP contribution in [0.5, 0.6) is 0 Å². The Hall–Kier alpha value is -0.630. The van der Waals surface area contributed by atoms with Gasteiger partial charge in [-0.15, -0.1) is 0 Å². The Balaban J connectivity index is 2.79. The summed E-state index contributed by atoms with van der Waals surface area (Å²) < 4.78 is 49.1. The largest absolute Gasteiger partial charge is 0.261 e. The smallest absolute Gasteiger partial charge is 0.208 e. The number of hydrogen-bond acceptors (Lipinski definition) is 4. The molecule has 1 N–H and O–H groups in total. The summed E-state index contributed by atoms with van der Waals surface area (Å²) in [6.45, 7) is 3.89. The Morgan fingerprint density at radius 1 is 1.05 bits per heavy atom. The van der Waals surface area contributed by atoms with Crippen molar-refractivity contribution >= 4 is 29.8 Å². The van der Waals surface area contributed by atoms with Crippen molar-refractivity contribution in [3.05, 3.63) is 24.3 Å². The van der Waals surface area contributed by atoms with Gasteiger partial charge in [-0.3, -0.25) is 0 Å². The van der Waals surface area contributed by atoms with E-state index in [4.69, 9.17) is 10.7 Å². The van der Waals surface area contributed by atoms with Gasteiger partial charge in [-0.05, 0) is 37.6 Å². The first kappa shape index (κ1) is 18.4. The lowest BCUT2D eigenvalue weighted by Gasteiger charge is -2.14. The van der Waals surface area contributed by atoms with Gasteiger partial charge in [0.1, 0.15) is 0 Å². The molecule has 5 nitrogen and oxygen atoms in total. The maximum Gasteiger partial charge on any atom is 0.261 e. The fraction of sp³-hybridized carbons (Fsp3) is 0.538. The summed E-state index contributed by atoms with van der Waals surface area (Å²) in [5.74, 6) is 0. The van der Waals surface area contributed by atoms with Crippen molar-refractivity contribution in [3.63, 3.8) is 0 Å². The van der Waals surface area contributed by atoms with E-state index >= 15 is 0 Å². The van der Waals surface area contributed by atoms with Crippen LogP contribution in [0.2, 0.25) is 0 Å². The number of rotatable bonds is 8. The van der Waals surface area contributed by atoms with Crippen molar-refractivity contribution in [1.29, 1.82) is 0 Å². The summed E-state index contributed by atoms with van der Waals surface area (Å²) in [6.07, 6.45) is 3.87. The Bertz CT molecular complexity index is 654. The van der Waals surface area contributed by atoms with E-state index < -0.39 is 19.1 Å². The zero-order valence-electron chi connectivity index (χ0n) is 12.0. The second-order valence-electron chi connectivity index (χ2n) is 4.93. The summed E-state index contributed by atoms with van der Waals surface area (Å²) in [6, 6.07) is 4.65. The first-order valence-electron chi connectivity index (χ1n) is 6.74. The Labute approximate surface area is 131 Å². The van der Waals surface area contributed by atoms with E-state index in [0.717, 1.165) is 25.7 Å². The number of hydrogen-bond donors (Lipinski definition) is 1. The molecule has 0 fully saturated rings. The molecule has 0 aromatic heterocycles. The summed E-state index contributed by atoms with van der Waals surface area (Å²) >= 11 is 0. The number of benzene rings is 1. The molecule has 0 heterocycles. The molecule has 1 aromatic rings. The summed E-state index contributed by atoms with van der Waals surface area (Å²) in [4.78, 5) is -0.104. The van der Waals surface area contributed by atoms with Crippen molar-refractivity contribution in [2.75, 3.05) is 0 Å². The molecular weight excluding hydrogens is 334 g/mol.